The molecule has 0 saturated carbocycles. The van der Waals surface area contributed by atoms with Gasteiger partial charge in [0.05, 0.1) is 5.75 Å². The Balaban J connectivity index is 3.36. The van der Waals surface area contributed by atoms with Crippen molar-refractivity contribution in [2.24, 2.45) is 0 Å². The van der Waals surface area contributed by atoms with Gasteiger partial charge < -0.3 is 10.1 Å². The van der Waals surface area contributed by atoms with Crippen LogP contribution in [-0.4, -0.2) is 47.5 Å². The fourth-order valence-electron chi connectivity index (χ4n) is 1.06. The first-order valence-electron chi connectivity index (χ1n) is 5.82. The van der Waals surface area contributed by atoms with Crippen LogP contribution in [0, 0.1) is 0 Å². The predicted molar refractivity (Wildman–Crippen MR) is 66.1 cm³/mol. The largest absolute Gasteiger partial charge is 0.381 e. The molecule has 0 aliphatic carbocycles. The fourth-order valence-corrected chi connectivity index (χ4v) is 2.13. The molecule has 98 valence electrons. The summed E-state index contributed by atoms with van der Waals surface area (Å²) in [7, 11) is -1.38. The zero-order valence-electron chi connectivity index (χ0n) is 10.3. The molecule has 0 aliphatic rings. The summed E-state index contributed by atoms with van der Waals surface area (Å²) in [5, 5.41) is 2.80. The first kappa shape index (κ1) is 15.8. The highest BCUT2D eigenvalue weighted by Crippen LogP contribution is 1.90. The molecule has 5 nitrogen and oxygen atoms in total. The van der Waals surface area contributed by atoms with Gasteiger partial charge in [0.25, 0.3) is 0 Å². The van der Waals surface area contributed by atoms with Crippen molar-refractivity contribution in [2.45, 2.75) is 26.2 Å². The molecule has 0 bridgehead atoms. The van der Waals surface area contributed by atoms with Crippen LogP contribution >= 0.6 is 0 Å². The van der Waals surface area contributed by atoms with Crippen LogP contribution in [-0.2, 0) is 14.8 Å². The van der Waals surface area contributed by atoms with Crippen LogP contribution in [0.2, 0.25) is 0 Å². The maximum Gasteiger partial charge on any atom is 0.212 e. The second-order valence-electron chi connectivity index (χ2n) is 3.64. The number of nitrogens with one attached hydrogen (secondary N) is 2. The van der Waals surface area contributed by atoms with Crippen LogP contribution in [0.5, 0.6) is 0 Å². The first-order chi connectivity index (χ1) is 7.62. The summed E-state index contributed by atoms with van der Waals surface area (Å²) in [6.07, 6.45) is 2.91. The number of hydrogen-bond donors (Lipinski definition) is 2. The Morgan fingerprint density at radius 3 is 2.44 bits per heavy atom. The molecule has 0 atom stereocenters. The van der Waals surface area contributed by atoms with Gasteiger partial charge in [0.2, 0.25) is 10.0 Å². The lowest BCUT2D eigenvalue weighted by molar-refractivity contribution is 0.130. The number of sulfonamides is 1. The van der Waals surface area contributed by atoms with Crippen LogP contribution < -0.4 is 10.0 Å². The first-order valence-corrected chi connectivity index (χ1v) is 7.47. The molecule has 0 radical (unpaired) electrons. The second kappa shape index (κ2) is 10.0. The molecule has 0 rings (SSSR count). The molecule has 0 spiro atoms. The molecule has 0 aromatic heterocycles. The third-order valence-electron chi connectivity index (χ3n) is 2.05. The highest BCUT2D eigenvalue weighted by atomic mass is 32.2. The Morgan fingerprint density at radius 2 is 1.81 bits per heavy atom. The van der Waals surface area contributed by atoms with E-state index in [9.17, 15) is 8.42 Å². The van der Waals surface area contributed by atoms with Gasteiger partial charge in [-0.25, -0.2) is 13.1 Å². The van der Waals surface area contributed by atoms with Crippen molar-refractivity contribution in [3.63, 3.8) is 0 Å². The molecule has 0 fully saturated rings. The minimum atomic E-state index is -3.11. The highest BCUT2D eigenvalue weighted by molar-refractivity contribution is 7.89. The van der Waals surface area contributed by atoms with E-state index in [-0.39, 0.29) is 5.75 Å². The zero-order valence-corrected chi connectivity index (χ0v) is 11.1. The summed E-state index contributed by atoms with van der Waals surface area (Å²) >= 11 is 0. The van der Waals surface area contributed by atoms with E-state index in [0.717, 1.165) is 25.9 Å². The molecule has 0 aromatic rings. The Labute approximate surface area is 99.0 Å². The number of ether oxygens (including phenoxy) is 1. The van der Waals surface area contributed by atoms with Crippen LogP contribution in [0.1, 0.15) is 26.2 Å². The second-order valence-corrected chi connectivity index (χ2v) is 5.56. The number of unbranched alkanes of at least 4 members (excludes halogenated alkanes) is 1. The van der Waals surface area contributed by atoms with Crippen LogP contribution in [0.15, 0.2) is 0 Å². The van der Waals surface area contributed by atoms with Gasteiger partial charge in [-0.3, -0.25) is 0 Å². The van der Waals surface area contributed by atoms with Crippen LogP contribution in [0.3, 0.4) is 0 Å². The summed E-state index contributed by atoms with van der Waals surface area (Å²) in [5.41, 5.74) is 0. The van der Waals surface area contributed by atoms with Crippen LogP contribution in [0.25, 0.3) is 0 Å². The number of rotatable bonds is 11. The van der Waals surface area contributed by atoms with Gasteiger partial charge in [0.15, 0.2) is 0 Å². The number of hydrogen-bond acceptors (Lipinski definition) is 4. The third-order valence-corrected chi connectivity index (χ3v) is 3.44. The minimum absolute atomic E-state index is 0.125. The van der Waals surface area contributed by atoms with Gasteiger partial charge in [-0.15, -0.1) is 0 Å². The molecule has 0 amide bonds. The molecular weight excluding hydrogens is 228 g/mol. The highest BCUT2D eigenvalue weighted by Gasteiger charge is 2.07. The summed E-state index contributed by atoms with van der Waals surface area (Å²) in [5.74, 6) is 0.125. The lowest BCUT2D eigenvalue weighted by atomic mass is 10.4. The normalized spacial score (nSPS) is 11.9. The Bertz CT molecular complexity index is 242. The van der Waals surface area contributed by atoms with E-state index < -0.39 is 10.0 Å². The molecular formula is C10H24N2O3S. The monoisotopic (exact) mass is 252 g/mol. The van der Waals surface area contributed by atoms with Crippen molar-refractivity contribution in [1.29, 1.82) is 0 Å². The van der Waals surface area contributed by atoms with Gasteiger partial charge in [-0.05, 0) is 19.9 Å². The fraction of sp³-hybridized carbons (Fsp3) is 1.00. The SMILES string of the molecule is CCCCOCCCNS(=O)(=O)CCNC. The average Bonchev–Trinajstić information content (AvgIpc) is 2.25. The van der Waals surface area contributed by atoms with Gasteiger partial charge in [-0.2, -0.15) is 0 Å². The van der Waals surface area contributed by atoms with Crippen molar-refractivity contribution in [3.05, 3.63) is 0 Å². The topological polar surface area (TPSA) is 67.4 Å². The van der Waals surface area contributed by atoms with Gasteiger partial charge in [-0.1, -0.05) is 13.3 Å². The average molecular weight is 252 g/mol. The predicted octanol–water partition coefficient (Wildman–Crippen LogP) is 0.332. The molecule has 2 N–H and O–H groups in total. The third kappa shape index (κ3) is 10.4. The summed E-state index contributed by atoms with van der Waals surface area (Å²) < 4.78 is 30.5. The zero-order chi connectivity index (χ0) is 12.3. The molecule has 0 aromatic carbocycles. The van der Waals surface area contributed by atoms with Crippen molar-refractivity contribution in [1.82, 2.24) is 10.0 Å². The molecule has 16 heavy (non-hydrogen) atoms. The molecule has 0 aliphatic heterocycles. The minimum Gasteiger partial charge on any atom is -0.381 e. The van der Waals surface area contributed by atoms with E-state index >= 15 is 0 Å². The maximum absolute atomic E-state index is 11.3. The van der Waals surface area contributed by atoms with E-state index in [0.29, 0.717) is 19.7 Å². The van der Waals surface area contributed by atoms with E-state index in [1.807, 2.05) is 0 Å². The van der Waals surface area contributed by atoms with Gasteiger partial charge in [0, 0.05) is 26.3 Å². The lowest BCUT2D eigenvalue weighted by Crippen LogP contribution is -2.31. The van der Waals surface area contributed by atoms with Crippen molar-refractivity contribution >= 4 is 10.0 Å². The van der Waals surface area contributed by atoms with Crippen molar-refractivity contribution in [3.8, 4) is 0 Å². The quantitative estimate of drug-likeness (QED) is 0.520. The Hall–Kier alpha value is -0.170. The molecule has 6 heteroatoms. The standard InChI is InChI=1S/C10H24N2O3S/c1-3-4-8-15-9-5-6-12-16(13,14)10-7-11-2/h11-12H,3-10H2,1-2H3. The van der Waals surface area contributed by atoms with Gasteiger partial charge >= 0.3 is 0 Å². The Kier molecular flexibility index (Phi) is 9.91. The Morgan fingerprint density at radius 1 is 1.12 bits per heavy atom. The van der Waals surface area contributed by atoms with Crippen molar-refractivity contribution < 1.29 is 13.2 Å². The smallest absolute Gasteiger partial charge is 0.212 e. The summed E-state index contributed by atoms with van der Waals surface area (Å²) in [6.45, 7) is 4.43. The van der Waals surface area contributed by atoms with E-state index in [2.05, 4.69) is 17.0 Å². The van der Waals surface area contributed by atoms with Crippen molar-refractivity contribution in [2.75, 3.05) is 39.1 Å². The summed E-state index contributed by atoms with van der Waals surface area (Å²) in [6, 6.07) is 0. The summed E-state index contributed by atoms with van der Waals surface area (Å²) in [4.78, 5) is 0. The lowest BCUT2D eigenvalue weighted by Gasteiger charge is -2.06. The molecule has 0 saturated heterocycles. The van der Waals surface area contributed by atoms with E-state index in [1.54, 1.807) is 7.05 Å². The molecule has 0 heterocycles. The van der Waals surface area contributed by atoms with E-state index in [4.69, 9.17) is 4.74 Å². The van der Waals surface area contributed by atoms with Gasteiger partial charge in [0.1, 0.15) is 0 Å². The van der Waals surface area contributed by atoms with E-state index in [1.165, 1.54) is 0 Å². The molecule has 0 unspecified atom stereocenters. The maximum atomic E-state index is 11.3. The van der Waals surface area contributed by atoms with Crippen LogP contribution in [0.4, 0.5) is 0 Å².